The lowest BCUT2D eigenvalue weighted by Crippen LogP contribution is -1.88. The van der Waals surface area contributed by atoms with E-state index in [1.165, 1.54) is 6.07 Å². The Morgan fingerprint density at radius 2 is 2.27 bits per heavy atom. The van der Waals surface area contributed by atoms with Crippen molar-refractivity contribution in [3.63, 3.8) is 0 Å². The second-order valence-electron chi connectivity index (χ2n) is 2.60. The number of fused-ring (bicyclic) bond motifs is 1. The third-order valence-electron chi connectivity index (χ3n) is 1.94. The van der Waals surface area contributed by atoms with Crippen molar-refractivity contribution in [2.75, 3.05) is 6.61 Å². The van der Waals surface area contributed by atoms with Crippen molar-refractivity contribution in [3.8, 4) is 5.75 Å². The Bertz CT molecular complexity index is 294. The topological polar surface area (TPSA) is 9.23 Å². The molecule has 1 aliphatic rings. The van der Waals surface area contributed by atoms with Gasteiger partial charge in [0.05, 0.1) is 6.61 Å². The molecule has 11 heavy (non-hydrogen) atoms. The predicted molar refractivity (Wildman–Crippen MR) is 40.1 cm³/mol. The number of hydrogen-bond acceptors (Lipinski definition) is 1. The van der Waals surface area contributed by atoms with Crippen LogP contribution in [-0.2, 0) is 6.42 Å². The molecule has 1 nitrogen and oxygen atoms in total. The second-order valence-corrected chi connectivity index (χ2v) is 2.60. The van der Waals surface area contributed by atoms with E-state index in [1.807, 2.05) is 0 Å². The molecule has 1 heterocycles. The van der Waals surface area contributed by atoms with Gasteiger partial charge < -0.3 is 4.74 Å². The zero-order valence-corrected chi connectivity index (χ0v) is 6.06. The summed E-state index contributed by atoms with van der Waals surface area (Å²) in [5, 5.41) is 0. The van der Waals surface area contributed by atoms with Crippen molar-refractivity contribution < 1.29 is 9.13 Å². The van der Waals surface area contributed by atoms with Crippen LogP contribution < -0.4 is 4.74 Å². The fraction of sp³-hybridized carbons (Fsp3) is 0.222. The van der Waals surface area contributed by atoms with Crippen molar-refractivity contribution in [2.24, 2.45) is 0 Å². The summed E-state index contributed by atoms with van der Waals surface area (Å²) in [6.45, 7) is 4.29. The molecule has 1 aliphatic heterocycles. The molecular weight excluding hydrogens is 143 g/mol. The molecule has 1 radical (unpaired) electrons. The lowest BCUT2D eigenvalue weighted by Gasteiger charge is -2.01. The van der Waals surface area contributed by atoms with Gasteiger partial charge in [0.25, 0.3) is 0 Å². The van der Waals surface area contributed by atoms with Crippen molar-refractivity contribution in [3.05, 3.63) is 36.0 Å². The summed E-state index contributed by atoms with van der Waals surface area (Å²) in [5.41, 5.74) is 1.41. The van der Waals surface area contributed by atoms with E-state index in [1.54, 1.807) is 6.07 Å². The predicted octanol–water partition coefficient (Wildman–Crippen LogP) is 1.94. The minimum Gasteiger partial charge on any atom is -0.493 e. The average molecular weight is 151 g/mol. The van der Waals surface area contributed by atoms with E-state index < -0.39 is 0 Å². The van der Waals surface area contributed by atoms with Crippen LogP contribution in [0.15, 0.2) is 12.1 Å². The van der Waals surface area contributed by atoms with Gasteiger partial charge >= 0.3 is 0 Å². The zero-order valence-electron chi connectivity index (χ0n) is 6.06. The van der Waals surface area contributed by atoms with Gasteiger partial charge in [0.1, 0.15) is 11.6 Å². The SMILES string of the molecule is [CH2]c1c(F)ccc2c1CCO2. The molecule has 1 aromatic carbocycles. The Balaban J connectivity index is 2.62. The summed E-state index contributed by atoms with van der Waals surface area (Å²) in [6.07, 6.45) is 0.784. The van der Waals surface area contributed by atoms with Crippen molar-refractivity contribution in [1.82, 2.24) is 0 Å². The maximum absolute atomic E-state index is 12.9. The minimum atomic E-state index is -0.241. The van der Waals surface area contributed by atoms with Crippen LogP contribution in [-0.4, -0.2) is 6.61 Å². The summed E-state index contributed by atoms with van der Waals surface area (Å²) < 4.78 is 18.1. The lowest BCUT2D eigenvalue weighted by atomic mass is 10.1. The molecule has 0 aromatic heterocycles. The Morgan fingerprint density at radius 1 is 1.45 bits per heavy atom. The quantitative estimate of drug-likeness (QED) is 0.550. The number of rotatable bonds is 0. The number of ether oxygens (including phenoxy) is 1. The van der Waals surface area contributed by atoms with Crippen molar-refractivity contribution in [1.29, 1.82) is 0 Å². The molecule has 0 atom stereocenters. The van der Waals surface area contributed by atoms with Crippen LogP contribution >= 0.6 is 0 Å². The van der Waals surface area contributed by atoms with E-state index in [9.17, 15) is 4.39 Å². The van der Waals surface area contributed by atoms with Gasteiger partial charge in [-0.05, 0) is 24.6 Å². The van der Waals surface area contributed by atoms with Crippen LogP contribution in [0.5, 0.6) is 5.75 Å². The Hall–Kier alpha value is -1.05. The van der Waals surface area contributed by atoms with Gasteiger partial charge in [-0.1, -0.05) is 0 Å². The molecular formula is C9H8FO. The largest absolute Gasteiger partial charge is 0.493 e. The summed E-state index contributed by atoms with van der Waals surface area (Å²) in [7, 11) is 0. The maximum Gasteiger partial charge on any atom is 0.126 e. The van der Waals surface area contributed by atoms with Crippen LogP contribution in [0.2, 0.25) is 0 Å². The Kier molecular flexibility index (Phi) is 1.34. The Morgan fingerprint density at radius 3 is 3.09 bits per heavy atom. The van der Waals surface area contributed by atoms with E-state index in [0.717, 1.165) is 17.7 Å². The highest BCUT2D eigenvalue weighted by Crippen LogP contribution is 2.29. The van der Waals surface area contributed by atoms with Gasteiger partial charge in [-0.25, -0.2) is 4.39 Å². The minimum absolute atomic E-state index is 0.241. The molecule has 2 rings (SSSR count). The van der Waals surface area contributed by atoms with E-state index in [2.05, 4.69) is 6.92 Å². The molecule has 0 saturated carbocycles. The molecule has 2 heteroatoms. The van der Waals surface area contributed by atoms with Gasteiger partial charge in [0, 0.05) is 12.0 Å². The normalized spacial score (nSPS) is 14.4. The Labute approximate surface area is 64.8 Å². The fourth-order valence-electron chi connectivity index (χ4n) is 1.32. The van der Waals surface area contributed by atoms with Crippen LogP contribution in [0.4, 0.5) is 4.39 Å². The summed E-state index contributed by atoms with van der Waals surface area (Å²) in [6, 6.07) is 3.05. The van der Waals surface area contributed by atoms with Crippen molar-refractivity contribution >= 4 is 0 Å². The highest BCUT2D eigenvalue weighted by atomic mass is 19.1. The monoisotopic (exact) mass is 151 g/mol. The molecule has 0 unspecified atom stereocenters. The summed E-state index contributed by atoms with van der Waals surface area (Å²) in [4.78, 5) is 0. The third-order valence-corrected chi connectivity index (χ3v) is 1.94. The molecule has 0 bridgehead atoms. The molecule has 57 valence electrons. The van der Waals surface area contributed by atoms with Crippen LogP contribution in [0, 0.1) is 12.7 Å². The standard InChI is InChI=1S/C9H8FO/c1-6-7-4-5-11-9(7)3-2-8(6)10/h2-3H,1,4-5H2. The first-order valence-corrected chi connectivity index (χ1v) is 3.55. The molecule has 0 spiro atoms. The van der Waals surface area contributed by atoms with Crippen LogP contribution in [0.3, 0.4) is 0 Å². The van der Waals surface area contributed by atoms with Gasteiger partial charge in [0.2, 0.25) is 0 Å². The fourth-order valence-corrected chi connectivity index (χ4v) is 1.32. The average Bonchev–Trinajstić information content (AvgIpc) is 2.45. The van der Waals surface area contributed by atoms with Gasteiger partial charge in [-0.2, -0.15) is 0 Å². The molecule has 0 fully saturated rings. The second kappa shape index (κ2) is 2.22. The van der Waals surface area contributed by atoms with Gasteiger partial charge in [0.15, 0.2) is 0 Å². The molecule has 0 saturated heterocycles. The van der Waals surface area contributed by atoms with Crippen LogP contribution in [0.1, 0.15) is 11.1 Å². The number of halogens is 1. The first kappa shape index (κ1) is 6.65. The third kappa shape index (κ3) is 0.897. The zero-order chi connectivity index (χ0) is 7.84. The van der Waals surface area contributed by atoms with E-state index in [4.69, 9.17) is 4.74 Å². The van der Waals surface area contributed by atoms with Crippen LogP contribution in [0.25, 0.3) is 0 Å². The number of hydrogen-bond donors (Lipinski definition) is 0. The van der Waals surface area contributed by atoms with Gasteiger partial charge in [-0.15, -0.1) is 0 Å². The lowest BCUT2D eigenvalue weighted by molar-refractivity contribution is 0.356. The molecule has 0 N–H and O–H groups in total. The van der Waals surface area contributed by atoms with Gasteiger partial charge in [-0.3, -0.25) is 0 Å². The summed E-state index contributed by atoms with van der Waals surface area (Å²) in [5.74, 6) is 0.547. The van der Waals surface area contributed by atoms with Crippen molar-refractivity contribution in [2.45, 2.75) is 6.42 Å². The molecule has 0 aliphatic carbocycles. The summed E-state index contributed by atoms with van der Waals surface area (Å²) >= 11 is 0. The first-order valence-electron chi connectivity index (χ1n) is 3.55. The smallest absolute Gasteiger partial charge is 0.126 e. The van der Waals surface area contributed by atoms with E-state index in [0.29, 0.717) is 12.2 Å². The highest BCUT2D eigenvalue weighted by molar-refractivity contribution is 5.44. The first-order chi connectivity index (χ1) is 5.29. The van der Waals surface area contributed by atoms with E-state index >= 15 is 0 Å². The number of benzene rings is 1. The highest BCUT2D eigenvalue weighted by Gasteiger charge is 2.15. The maximum atomic E-state index is 12.9. The van der Waals surface area contributed by atoms with E-state index in [-0.39, 0.29) is 5.82 Å². The molecule has 1 aromatic rings. The molecule has 0 amide bonds.